The summed E-state index contributed by atoms with van der Waals surface area (Å²) in [4.78, 5) is 1.73. The van der Waals surface area contributed by atoms with Gasteiger partial charge in [-0.2, -0.15) is 0 Å². The second kappa shape index (κ2) is 7.71. The van der Waals surface area contributed by atoms with E-state index in [2.05, 4.69) is 50.5 Å². The number of phenolic OH excluding ortho intramolecular Hbond substituents is 4. The van der Waals surface area contributed by atoms with Crippen molar-refractivity contribution in [3.05, 3.63) is 59.2 Å². The first-order valence-electron chi connectivity index (χ1n) is 7.70. The van der Waals surface area contributed by atoms with E-state index in [9.17, 15) is 20.4 Å². The molecule has 0 radical (unpaired) electrons. The number of aromatic hydroxyl groups is 4. The Hall–Kier alpha value is -1.74. The molecule has 0 aromatic heterocycles. The molecule has 0 unspecified atom stereocenters. The van der Waals surface area contributed by atoms with E-state index in [1.165, 1.54) is 24.3 Å². The van der Waals surface area contributed by atoms with Crippen molar-refractivity contribution in [2.45, 2.75) is 25.5 Å². The van der Waals surface area contributed by atoms with Crippen LogP contribution in [-0.4, -0.2) is 20.4 Å². The number of phenols is 4. The number of hydrogen-bond donors (Lipinski definition) is 8. The van der Waals surface area contributed by atoms with Crippen molar-refractivity contribution >= 4 is 50.5 Å². The molecule has 0 aliphatic heterocycles. The molecule has 0 fully saturated rings. The van der Waals surface area contributed by atoms with E-state index in [-0.39, 0.29) is 23.0 Å². The summed E-state index contributed by atoms with van der Waals surface area (Å²) in [7, 11) is 0. The summed E-state index contributed by atoms with van der Waals surface area (Å²) in [5, 5.41) is 39.5. The highest BCUT2D eigenvalue weighted by Crippen LogP contribution is 2.44. The number of hydrogen-bond acceptors (Lipinski definition) is 8. The molecule has 0 atom stereocenters. The molecular formula is C19H16O4S4. The summed E-state index contributed by atoms with van der Waals surface area (Å²) in [5.41, 5.74) is 2.03. The van der Waals surface area contributed by atoms with Gasteiger partial charge in [0.1, 0.15) is 11.5 Å². The van der Waals surface area contributed by atoms with Gasteiger partial charge in [0.25, 0.3) is 0 Å². The lowest BCUT2D eigenvalue weighted by Gasteiger charge is -2.23. The summed E-state index contributed by atoms with van der Waals surface area (Å²) in [6.07, 6.45) is 0. The van der Waals surface area contributed by atoms with Crippen LogP contribution < -0.4 is 0 Å². The van der Waals surface area contributed by atoms with Gasteiger partial charge in [-0.1, -0.05) is 6.07 Å². The van der Waals surface area contributed by atoms with Gasteiger partial charge < -0.3 is 20.4 Å². The largest absolute Gasteiger partial charge is 0.507 e. The third-order valence-electron chi connectivity index (χ3n) is 4.20. The van der Waals surface area contributed by atoms with Crippen LogP contribution in [0.1, 0.15) is 22.6 Å². The number of benzene rings is 3. The Balaban J connectivity index is 2.32. The molecule has 27 heavy (non-hydrogen) atoms. The predicted molar refractivity (Wildman–Crippen MR) is 116 cm³/mol. The lowest BCUT2D eigenvalue weighted by Crippen LogP contribution is -2.06. The van der Waals surface area contributed by atoms with Crippen LogP contribution in [0.3, 0.4) is 0 Å². The van der Waals surface area contributed by atoms with E-state index in [4.69, 9.17) is 0 Å². The molecule has 3 aromatic carbocycles. The zero-order valence-corrected chi connectivity index (χ0v) is 17.3. The van der Waals surface area contributed by atoms with E-state index in [1.807, 2.05) is 0 Å². The fourth-order valence-corrected chi connectivity index (χ4v) is 3.91. The van der Waals surface area contributed by atoms with Gasteiger partial charge in [-0.15, -0.1) is 50.5 Å². The van der Waals surface area contributed by atoms with Crippen molar-refractivity contribution < 1.29 is 20.4 Å². The van der Waals surface area contributed by atoms with Crippen LogP contribution in [0.2, 0.25) is 0 Å². The first-order valence-corrected chi connectivity index (χ1v) is 9.49. The maximum Gasteiger partial charge on any atom is 0.157 e. The molecule has 0 bridgehead atoms. The molecule has 4 nitrogen and oxygen atoms in total. The Kier molecular flexibility index (Phi) is 5.71. The summed E-state index contributed by atoms with van der Waals surface area (Å²) < 4.78 is 0. The molecule has 0 aliphatic rings. The van der Waals surface area contributed by atoms with E-state index in [0.717, 1.165) is 0 Å². The van der Waals surface area contributed by atoms with Crippen LogP contribution in [0.4, 0.5) is 0 Å². The average molecular weight is 437 g/mol. The van der Waals surface area contributed by atoms with Crippen LogP contribution >= 0.6 is 50.5 Å². The van der Waals surface area contributed by atoms with Crippen LogP contribution in [0.15, 0.2) is 62.0 Å². The molecular weight excluding hydrogens is 420 g/mol. The van der Waals surface area contributed by atoms with Crippen molar-refractivity contribution in [2.24, 2.45) is 0 Å². The summed E-state index contributed by atoms with van der Waals surface area (Å²) in [6.45, 7) is 0. The summed E-state index contributed by atoms with van der Waals surface area (Å²) in [5.74, 6) is -1.00. The average Bonchev–Trinajstić information content (AvgIpc) is 2.60. The van der Waals surface area contributed by atoms with Gasteiger partial charge >= 0.3 is 0 Å². The van der Waals surface area contributed by atoms with Crippen LogP contribution in [0.25, 0.3) is 0 Å². The molecule has 3 aromatic rings. The standard InChI is InChI=1S/C19H16O4S4/c20-11-2-1-8(3-12(11)21)19(9-4-17(26)13(22)6-15(9)24)10-5-18(27)14(23)7-16(10)25/h1-7,19-27H. The van der Waals surface area contributed by atoms with Gasteiger partial charge in [0.15, 0.2) is 11.5 Å². The summed E-state index contributed by atoms with van der Waals surface area (Å²) in [6, 6.07) is 10.8. The Morgan fingerprint density at radius 3 is 1.44 bits per heavy atom. The highest BCUT2D eigenvalue weighted by molar-refractivity contribution is 7.81. The first kappa shape index (κ1) is 20.0. The monoisotopic (exact) mass is 436 g/mol. The maximum atomic E-state index is 9.98. The minimum absolute atomic E-state index is 0.00826. The molecule has 4 N–H and O–H groups in total. The minimum atomic E-state index is -0.477. The molecule has 0 heterocycles. The Labute approximate surface area is 178 Å². The number of thiol groups is 4. The smallest absolute Gasteiger partial charge is 0.157 e. The predicted octanol–water partition coefficient (Wildman–Crippen LogP) is 4.84. The van der Waals surface area contributed by atoms with Crippen molar-refractivity contribution in [3.63, 3.8) is 0 Å². The fourth-order valence-electron chi connectivity index (χ4n) is 2.87. The van der Waals surface area contributed by atoms with Crippen LogP contribution in [-0.2, 0) is 0 Å². The van der Waals surface area contributed by atoms with E-state index in [1.54, 1.807) is 18.2 Å². The van der Waals surface area contributed by atoms with Gasteiger partial charge in [0.05, 0.1) is 0 Å². The highest BCUT2D eigenvalue weighted by atomic mass is 32.1. The Morgan fingerprint density at radius 2 is 1.00 bits per heavy atom. The summed E-state index contributed by atoms with van der Waals surface area (Å²) >= 11 is 17.5. The van der Waals surface area contributed by atoms with Gasteiger partial charge in [-0.05, 0) is 53.1 Å². The van der Waals surface area contributed by atoms with Crippen molar-refractivity contribution in [2.75, 3.05) is 0 Å². The van der Waals surface area contributed by atoms with Crippen molar-refractivity contribution in [3.8, 4) is 23.0 Å². The highest BCUT2D eigenvalue weighted by Gasteiger charge is 2.24. The Bertz CT molecular complexity index is 979. The third kappa shape index (κ3) is 3.94. The molecule has 0 amide bonds. The van der Waals surface area contributed by atoms with Gasteiger partial charge in [-0.3, -0.25) is 0 Å². The molecule has 0 saturated heterocycles. The Morgan fingerprint density at radius 1 is 0.519 bits per heavy atom. The van der Waals surface area contributed by atoms with Gasteiger partial charge in [-0.25, -0.2) is 0 Å². The van der Waals surface area contributed by atoms with E-state index >= 15 is 0 Å². The van der Waals surface area contributed by atoms with Crippen molar-refractivity contribution in [1.82, 2.24) is 0 Å². The SMILES string of the molecule is Oc1ccc(C(c2cc(S)c(O)cc2S)c2cc(S)c(O)cc2S)cc1O. The molecule has 140 valence electrons. The van der Waals surface area contributed by atoms with Crippen LogP contribution in [0, 0.1) is 0 Å². The molecule has 3 rings (SSSR count). The maximum absolute atomic E-state index is 9.98. The molecule has 0 aliphatic carbocycles. The lowest BCUT2D eigenvalue weighted by molar-refractivity contribution is 0.403. The lowest BCUT2D eigenvalue weighted by atomic mass is 9.84. The normalized spacial score (nSPS) is 11.1. The quantitative estimate of drug-likeness (QED) is 0.172. The third-order valence-corrected chi connectivity index (χ3v) is 5.69. The van der Waals surface area contributed by atoms with E-state index in [0.29, 0.717) is 36.3 Å². The van der Waals surface area contributed by atoms with Gasteiger partial charge in [0, 0.05) is 25.5 Å². The molecule has 0 saturated carbocycles. The van der Waals surface area contributed by atoms with E-state index < -0.39 is 5.92 Å². The molecule has 8 heteroatoms. The minimum Gasteiger partial charge on any atom is -0.507 e. The second-order valence-electron chi connectivity index (χ2n) is 5.98. The van der Waals surface area contributed by atoms with Crippen molar-refractivity contribution in [1.29, 1.82) is 0 Å². The second-order valence-corrected chi connectivity index (χ2v) is 7.91. The van der Waals surface area contributed by atoms with Gasteiger partial charge in [0.2, 0.25) is 0 Å². The van der Waals surface area contributed by atoms with Crippen LogP contribution in [0.5, 0.6) is 23.0 Å². The topological polar surface area (TPSA) is 80.9 Å². The zero-order chi connectivity index (χ0) is 19.9. The number of rotatable bonds is 3. The fraction of sp³-hybridized carbons (Fsp3) is 0.0526. The first-order chi connectivity index (χ1) is 12.7. The molecule has 0 spiro atoms. The zero-order valence-electron chi connectivity index (χ0n) is 13.7.